The van der Waals surface area contributed by atoms with Gasteiger partial charge in [0.15, 0.2) is 5.72 Å². The molecule has 0 bridgehead atoms. The minimum atomic E-state index is -1.55. The maximum Gasteiger partial charge on any atom is 0.276 e. The summed E-state index contributed by atoms with van der Waals surface area (Å²) in [7, 11) is 0. The van der Waals surface area contributed by atoms with Gasteiger partial charge in [0.2, 0.25) is 0 Å². The molecule has 23 heavy (non-hydrogen) atoms. The van der Waals surface area contributed by atoms with Crippen molar-refractivity contribution in [2.75, 3.05) is 0 Å². The van der Waals surface area contributed by atoms with Crippen LogP contribution in [0.3, 0.4) is 0 Å². The highest BCUT2D eigenvalue weighted by atomic mass is 35.5. The molecule has 0 radical (unpaired) electrons. The fourth-order valence-electron chi connectivity index (χ4n) is 2.60. The summed E-state index contributed by atoms with van der Waals surface area (Å²) in [6.07, 6.45) is 0.221. The third-order valence-electron chi connectivity index (χ3n) is 3.74. The first kappa shape index (κ1) is 15.5. The average Bonchev–Trinajstić information content (AvgIpc) is 2.84. The first-order chi connectivity index (χ1) is 10.9. The number of amides is 1. The molecule has 2 N–H and O–H groups in total. The van der Waals surface area contributed by atoms with Crippen molar-refractivity contribution in [3.8, 4) is 5.75 Å². The number of hydrazone groups is 1. The molecule has 5 nitrogen and oxygen atoms in total. The number of carbonyl (C=O) groups excluding carboxylic acids is 1. The van der Waals surface area contributed by atoms with Gasteiger partial charge in [0, 0.05) is 28.3 Å². The van der Waals surface area contributed by atoms with Crippen LogP contribution in [0.15, 0.2) is 53.6 Å². The number of rotatable bonds is 2. The van der Waals surface area contributed by atoms with Crippen molar-refractivity contribution in [2.24, 2.45) is 5.10 Å². The van der Waals surface area contributed by atoms with Crippen molar-refractivity contribution >= 4 is 23.2 Å². The van der Waals surface area contributed by atoms with Gasteiger partial charge in [0.1, 0.15) is 5.75 Å². The summed E-state index contributed by atoms with van der Waals surface area (Å²) < 4.78 is 0. The minimum absolute atomic E-state index is 0.0654. The summed E-state index contributed by atoms with van der Waals surface area (Å²) in [5.41, 5.74) is -0.0400. The number of hydrogen-bond donors (Lipinski definition) is 2. The molecule has 0 saturated heterocycles. The Labute approximate surface area is 138 Å². The van der Waals surface area contributed by atoms with Crippen LogP contribution in [0, 0.1) is 0 Å². The van der Waals surface area contributed by atoms with E-state index in [1.54, 1.807) is 31.2 Å². The van der Waals surface area contributed by atoms with Crippen LogP contribution >= 0.6 is 11.6 Å². The number of benzene rings is 2. The van der Waals surface area contributed by atoms with Crippen LogP contribution in [-0.2, 0) is 5.72 Å². The van der Waals surface area contributed by atoms with Crippen LogP contribution in [0.25, 0.3) is 0 Å². The summed E-state index contributed by atoms with van der Waals surface area (Å²) in [4.78, 5) is 12.7. The van der Waals surface area contributed by atoms with Crippen molar-refractivity contribution in [3.63, 3.8) is 0 Å². The molecular formula is C17H15ClN2O3. The maximum absolute atomic E-state index is 12.7. The van der Waals surface area contributed by atoms with Gasteiger partial charge in [-0.05, 0) is 43.3 Å². The van der Waals surface area contributed by atoms with Crippen LogP contribution in [0.5, 0.6) is 5.75 Å². The fraction of sp³-hybridized carbons (Fsp3) is 0.176. The van der Waals surface area contributed by atoms with Crippen molar-refractivity contribution in [2.45, 2.75) is 19.1 Å². The molecule has 0 spiro atoms. The van der Waals surface area contributed by atoms with Crippen LogP contribution in [0.1, 0.15) is 29.3 Å². The number of halogens is 1. The predicted molar refractivity (Wildman–Crippen MR) is 87.4 cm³/mol. The van der Waals surface area contributed by atoms with Gasteiger partial charge in [0.25, 0.3) is 5.91 Å². The van der Waals surface area contributed by atoms with E-state index < -0.39 is 11.6 Å². The molecule has 1 amide bonds. The van der Waals surface area contributed by atoms with E-state index in [9.17, 15) is 15.0 Å². The standard InChI is InChI=1S/C17H15ClN2O3/c1-11-10-17(23,13-4-6-14(18)7-5-13)20(19-11)16(22)12-2-8-15(21)9-3-12/h2-9,21,23H,10H2,1H3/t17-/m1/s1. The van der Waals surface area contributed by atoms with Gasteiger partial charge in [0.05, 0.1) is 0 Å². The predicted octanol–water partition coefficient (Wildman–Crippen LogP) is 3.11. The largest absolute Gasteiger partial charge is 0.508 e. The monoisotopic (exact) mass is 330 g/mol. The zero-order valence-electron chi connectivity index (χ0n) is 12.4. The number of carbonyl (C=O) groups is 1. The lowest BCUT2D eigenvalue weighted by Crippen LogP contribution is -2.43. The van der Waals surface area contributed by atoms with Crippen molar-refractivity contribution in [3.05, 3.63) is 64.7 Å². The molecule has 2 aromatic carbocycles. The average molecular weight is 331 g/mol. The molecule has 1 heterocycles. The van der Waals surface area contributed by atoms with Crippen molar-refractivity contribution < 1.29 is 15.0 Å². The zero-order valence-corrected chi connectivity index (χ0v) is 13.2. The lowest BCUT2D eigenvalue weighted by atomic mass is 9.97. The number of nitrogens with zero attached hydrogens (tertiary/aromatic N) is 2. The van der Waals surface area contributed by atoms with Gasteiger partial charge in [-0.2, -0.15) is 10.1 Å². The van der Waals surface area contributed by atoms with E-state index in [1.807, 2.05) is 0 Å². The molecule has 6 heteroatoms. The highest BCUT2D eigenvalue weighted by molar-refractivity contribution is 6.30. The minimum Gasteiger partial charge on any atom is -0.508 e. The highest BCUT2D eigenvalue weighted by Gasteiger charge is 2.45. The summed E-state index contributed by atoms with van der Waals surface area (Å²) >= 11 is 5.89. The SMILES string of the molecule is CC1=NN(C(=O)c2ccc(O)cc2)[C@](O)(c2ccc(Cl)cc2)C1. The lowest BCUT2D eigenvalue weighted by molar-refractivity contribution is -0.0765. The summed E-state index contributed by atoms with van der Waals surface area (Å²) in [5.74, 6) is -0.380. The van der Waals surface area contributed by atoms with Gasteiger partial charge in [-0.25, -0.2) is 0 Å². The van der Waals surface area contributed by atoms with Crippen LogP contribution in [0.2, 0.25) is 5.02 Å². The molecule has 0 saturated carbocycles. The van der Waals surface area contributed by atoms with Crippen molar-refractivity contribution in [1.82, 2.24) is 5.01 Å². The maximum atomic E-state index is 12.7. The summed E-state index contributed by atoms with van der Waals surface area (Å²) in [6.45, 7) is 1.75. The Hall–Kier alpha value is -2.37. The number of hydrogen-bond acceptors (Lipinski definition) is 4. The molecule has 1 aliphatic heterocycles. The van der Waals surface area contributed by atoms with Gasteiger partial charge in [-0.3, -0.25) is 4.79 Å². The van der Waals surface area contributed by atoms with Crippen molar-refractivity contribution in [1.29, 1.82) is 0 Å². The van der Waals surface area contributed by atoms with Gasteiger partial charge < -0.3 is 10.2 Å². The van der Waals surface area contributed by atoms with E-state index >= 15 is 0 Å². The van der Waals surface area contributed by atoms with Gasteiger partial charge in [-0.15, -0.1) is 0 Å². The number of phenolic OH excluding ortho intramolecular Hbond substituents is 1. The van der Waals surface area contributed by atoms with E-state index in [2.05, 4.69) is 5.10 Å². The second-order valence-electron chi connectivity index (χ2n) is 5.50. The first-order valence-electron chi connectivity index (χ1n) is 7.06. The van der Waals surface area contributed by atoms with Crippen LogP contribution in [0.4, 0.5) is 0 Å². The van der Waals surface area contributed by atoms with E-state index in [0.717, 1.165) is 5.01 Å². The topological polar surface area (TPSA) is 73.1 Å². The quantitative estimate of drug-likeness (QED) is 0.888. The Kier molecular flexibility index (Phi) is 3.83. The molecule has 3 rings (SSSR count). The van der Waals surface area contributed by atoms with Crippen LogP contribution < -0.4 is 0 Å². The number of aliphatic hydroxyl groups is 1. The number of phenols is 1. The third-order valence-corrected chi connectivity index (χ3v) is 3.99. The first-order valence-corrected chi connectivity index (χ1v) is 7.44. The molecular weight excluding hydrogens is 316 g/mol. The van der Waals surface area contributed by atoms with Gasteiger partial charge in [-0.1, -0.05) is 23.7 Å². The molecule has 2 aromatic rings. The number of aromatic hydroxyl groups is 1. The summed E-state index contributed by atoms with van der Waals surface area (Å²) in [5, 5.41) is 26.2. The Morgan fingerprint density at radius 1 is 1.17 bits per heavy atom. The van der Waals surface area contributed by atoms with E-state index in [1.165, 1.54) is 24.3 Å². The molecule has 0 fully saturated rings. The smallest absolute Gasteiger partial charge is 0.276 e. The lowest BCUT2D eigenvalue weighted by Gasteiger charge is -2.31. The molecule has 118 valence electrons. The molecule has 0 aliphatic carbocycles. The second-order valence-corrected chi connectivity index (χ2v) is 5.94. The normalized spacial score (nSPS) is 20.5. The fourth-order valence-corrected chi connectivity index (χ4v) is 2.73. The zero-order chi connectivity index (χ0) is 16.6. The van der Waals surface area contributed by atoms with E-state index in [4.69, 9.17) is 11.6 Å². The molecule has 0 unspecified atom stereocenters. The van der Waals surface area contributed by atoms with E-state index in [0.29, 0.717) is 21.9 Å². The Morgan fingerprint density at radius 3 is 2.39 bits per heavy atom. The second kappa shape index (κ2) is 5.68. The van der Waals surface area contributed by atoms with Crippen LogP contribution in [-0.4, -0.2) is 26.8 Å². The Bertz CT molecular complexity index is 771. The van der Waals surface area contributed by atoms with Gasteiger partial charge >= 0.3 is 0 Å². The molecule has 0 aromatic heterocycles. The Balaban J connectivity index is 1.99. The summed E-state index contributed by atoms with van der Waals surface area (Å²) in [6, 6.07) is 12.5. The molecule has 1 aliphatic rings. The highest BCUT2D eigenvalue weighted by Crippen LogP contribution is 2.36. The Morgan fingerprint density at radius 2 is 1.78 bits per heavy atom. The molecule has 1 atom stereocenters. The van der Waals surface area contributed by atoms with E-state index in [-0.39, 0.29) is 12.2 Å². The third kappa shape index (κ3) is 2.81.